The van der Waals surface area contributed by atoms with Gasteiger partial charge in [-0.25, -0.2) is 8.78 Å². The Morgan fingerprint density at radius 2 is 1.79 bits per heavy atom. The molecule has 1 aliphatic rings. The summed E-state index contributed by atoms with van der Waals surface area (Å²) >= 11 is 0. The first-order valence-electron chi connectivity index (χ1n) is 10.5. The van der Waals surface area contributed by atoms with Crippen molar-refractivity contribution in [3.63, 3.8) is 0 Å². The molecule has 0 aliphatic carbocycles. The van der Waals surface area contributed by atoms with Crippen molar-refractivity contribution in [3.05, 3.63) is 101 Å². The molecule has 1 aromatic heterocycles. The molecule has 0 saturated carbocycles. The summed E-state index contributed by atoms with van der Waals surface area (Å²) in [7, 11) is 1.59. The number of carbonyl (C=O) groups excluding carboxylic acids is 1. The molecule has 0 bridgehead atoms. The Bertz CT molecular complexity index is 1300. The van der Waals surface area contributed by atoms with Crippen LogP contribution in [-0.4, -0.2) is 23.0 Å². The molecule has 0 amide bonds. The third kappa shape index (κ3) is 3.98. The number of benzene rings is 3. The SMILES string of the molecule is COc1ccc(CC2C(=O)Oc3nc(-c4cc(F)ccc4F)[nH]c3[C@@H]2c2ccccc2)cc1. The number of esters is 1. The molecule has 4 aromatic rings. The van der Waals surface area contributed by atoms with Gasteiger partial charge in [0.05, 0.1) is 24.3 Å². The largest absolute Gasteiger partial charge is 0.497 e. The Balaban J connectivity index is 1.59. The highest BCUT2D eigenvalue weighted by atomic mass is 19.1. The lowest BCUT2D eigenvalue weighted by Gasteiger charge is -2.29. The summed E-state index contributed by atoms with van der Waals surface area (Å²) in [5, 5.41) is 0. The zero-order valence-electron chi connectivity index (χ0n) is 17.7. The van der Waals surface area contributed by atoms with Crippen LogP contribution in [0.1, 0.15) is 22.7 Å². The van der Waals surface area contributed by atoms with Crippen molar-refractivity contribution in [2.75, 3.05) is 7.11 Å². The van der Waals surface area contributed by atoms with E-state index < -0.39 is 29.4 Å². The van der Waals surface area contributed by atoms with Crippen LogP contribution in [0.15, 0.2) is 72.8 Å². The van der Waals surface area contributed by atoms with Gasteiger partial charge in [0.25, 0.3) is 0 Å². The van der Waals surface area contributed by atoms with Gasteiger partial charge in [-0.15, -0.1) is 0 Å². The van der Waals surface area contributed by atoms with Gasteiger partial charge >= 0.3 is 5.97 Å². The van der Waals surface area contributed by atoms with Crippen molar-refractivity contribution in [2.24, 2.45) is 5.92 Å². The molecule has 0 saturated heterocycles. The van der Waals surface area contributed by atoms with Crippen LogP contribution in [0, 0.1) is 17.6 Å². The number of methoxy groups -OCH3 is 1. The van der Waals surface area contributed by atoms with E-state index in [1.807, 2.05) is 54.6 Å². The van der Waals surface area contributed by atoms with Gasteiger partial charge in [0.15, 0.2) is 0 Å². The highest BCUT2D eigenvalue weighted by Crippen LogP contribution is 2.43. The van der Waals surface area contributed by atoms with Crippen molar-refractivity contribution in [3.8, 4) is 23.0 Å². The fraction of sp³-hybridized carbons (Fsp3) is 0.154. The fourth-order valence-corrected chi connectivity index (χ4v) is 4.25. The second-order valence-electron chi connectivity index (χ2n) is 7.90. The van der Waals surface area contributed by atoms with Gasteiger partial charge in [0.2, 0.25) is 5.88 Å². The summed E-state index contributed by atoms with van der Waals surface area (Å²) in [6.07, 6.45) is 0.421. The smallest absolute Gasteiger partial charge is 0.317 e. The van der Waals surface area contributed by atoms with Crippen LogP contribution in [0.25, 0.3) is 11.4 Å². The van der Waals surface area contributed by atoms with E-state index in [4.69, 9.17) is 9.47 Å². The maximum Gasteiger partial charge on any atom is 0.317 e. The maximum atomic E-state index is 14.4. The third-order valence-electron chi connectivity index (χ3n) is 5.87. The van der Waals surface area contributed by atoms with Crippen LogP contribution in [0.2, 0.25) is 0 Å². The predicted molar refractivity (Wildman–Crippen MR) is 118 cm³/mol. The number of nitrogens with zero attached hydrogens (tertiary/aromatic N) is 1. The minimum Gasteiger partial charge on any atom is -0.497 e. The van der Waals surface area contributed by atoms with Gasteiger partial charge in [0, 0.05) is 5.92 Å². The Labute approximate surface area is 189 Å². The van der Waals surface area contributed by atoms with Crippen LogP contribution in [0.5, 0.6) is 11.6 Å². The molecular formula is C26H20F2N2O3. The minimum absolute atomic E-state index is 0.0287. The molecule has 3 aromatic carbocycles. The summed E-state index contributed by atoms with van der Waals surface area (Å²) in [6, 6.07) is 20.2. The van der Waals surface area contributed by atoms with Gasteiger partial charge in [-0.2, -0.15) is 4.98 Å². The van der Waals surface area contributed by atoms with Crippen molar-refractivity contribution < 1.29 is 23.0 Å². The molecule has 33 heavy (non-hydrogen) atoms. The summed E-state index contributed by atoms with van der Waals surface area (Å²) < 4.78 is 39.0. The van der Waals surface area contributed by atoms with Crippen LogP contribution >= 0.6 is 0 Å². The average molecular weight is 446 g/mol. The van der Waals surface area contributed by atoms with Crippen molar-refractivity contribution >= 4 is 5.97 Å². The molecule has 7 heteroatoms. The molecule has 1 unspecified atom stereocenters. The van der Waals surface area contributed by atoms with E-state index >= 15 is 0 Å². The van der Waals surface area contributed by atoms with Crippen molar-refractivity contribution in [1.29, 1.82) is 0 Å². The van der Waals surface area contributed by atoms with Gasteiger partial charge < -0.3 is 14.5 Å². The maximum absolute atomic E-state index is 14.4. The quantitative estimate of drug-likeness (QED) is 0.424. The first-order chi connectivity index (χ1) is 16.0. The third-order valence-corrected chi connectivity index (χ3v) is 5.87. The van der Waals surface area contributed by atoms with E-state index in [1.54, 1.807) is 7.11 Å². The van der Waals surface area contributed by atoms with Gasteiger partial charge in [-0.05, 0) is 47.9 Å². The number of fused-ring (bicyclic) bond motifs is 1. The van der Waals surface area contributed by atoms with E-state index in [0.717, 1.165) is 35.1 Å². The fourth-order valence-electron chi connectivity index (χ4n) is 4.25. The molecule has 2 atom stereocenters. The van der Waals surface area contributed by atoms with Gasteiger partial charge in [-0.1, -0.05) is 42.5 Å². The zero-order chi connectivity index (χ0) is 22.9. The molecule has 0 fully saturated rings. The molecule has 5 rings (SSSR count). The van der Waals surface area contributed by atoms with E-state index in [9.17, 15) is 13.6 Å². The van der Waals surface area contributed by atoms with Crippen molar-refractivity contribution in [1.82, 2.24) is 9.97 Å². The standard InChI is InChI=1S/C26H20F2N2O3/c1-32-18-10-7-15(8-11-18)13-20-22(16-5-3-2-4-6-16)23-25(33-26(20)31)30-24(29-23)19-14-17(27)9-12-21(19)28/h2-12,14,20,22H,13H2,1H3,(H,29,30)/t20?,22-/m1/s1. The summed E-state index contributed by atoms with van der Waals surface area (Å²) in [5.74, 6) is -1.67. The number of H-pyrrole nitrogens is 1. The number of rotatable bonds is 5. The molecule has 0 spiro atoms. The number of carbonyl (C=O) groups is 1. The number of halogens is 2. The normalized spacial score (nSPS) is 17.4. The lowest BCUT2D eigenvalue weighted by atomic mass is 9.79. The summed E-state index contributed by atoms with van der Waals surface area (Å²) in [4.78, 5) is 20.5. The Morgan fingerprint density at radius 3 is 2.52 bits per heavy atom. The van der Waals surface area contributed by atoms with Crippen molar-refractivity contribution in [2.45, 2.75) is 12.3 Å². The molecule has 2 heterocycles. The number of aromatic nitrogens is 2. The molecule has 1 N–H and O–H groups in total. The first-order valence-corrected chi connectivity index (χ1v) is 10.5. The zero-order valence-corrected chi connectivity index (χ0v) is 17.7. The Hall–Kier alpha value is -4.00. The van der Waals surface area contributed by atoms with Gasteiger partial charge in [-0.3, -0.25) is 4.79 Å². The van der Waals surface area contributed by atoms with Crippen LogP contribution in [-0.2, 0) is 11.2 Å². The van der Waals surface area contributed by atoms with Crippen LogP contribution < -0.4 is 9.47 Å². The molecular weight excluding hydrogens is 426 g/mol. The number of aromatic amines is 1. The van der Waals surface area contributed by atoms with Crippen LogP contribution in [0.4, 0.5) is 8.78 Å². The van der Waals surface area contributed by atoms with E-state index in [-0.39, 0.29) is 17.3 Å². The topological polar surface area (TPSA) is 64.2 Å². The molecule has 1 aliphatic heterocycles. The number of hydrogen-bond donors (Lipinski definition) is 1. The van der Waals surface area contributed by atoms with E-state index in [1.165, 1.54) is 0 Å². The second-order valence-corrected chi connectivity index (χ2v) is 7.90. The second kappa shape index (κ2) is 8.50. The highest BCUT2D eigenvalue weighted by Gasteiger charge is 2.41. The number of imidazole rings is 1. The lowest BCUT2D eigenvalue weighted by Crippen LogP contribution is -2.34. The Kier molecular flexibility index (Phi) is 5.38. The Morgan fingerprint density at radius 1 is 1.03 bits per heavy atom. The summed E-state index contributed by atoms with van der Waals surface area (Å²) in [5.41, 5.74) is 2.36. The van der Waals surface area contributed by atoms with Gasteiger partial charge in [0.1, 0.15) is 23.2 Å². The van der Waals surface area contributed by atoms with E-state index in [2.05, 4.69) is 9.97 Å². The lowest BCUT2D eigenvalue weighted by molar-refractivity contribution is -0.141. The number of nitrogens with one attached hydrogen (secondary N) is 1. The average Bonchev–Trinajstić information content (AvgIpc) is 3.25. The van der Waals surface area contributed by atoms with E-state index in [0.29, 0.717) is 12.1 Å². The summed E-state index contributed by atoms with van der Waals surface area (Å²) in [6.45, 7) is 0. The molecule has 166 valence electrons. The predicted octanol–water partition coefficient (Wildman–Crippen LogP) is 5.27. The van der Waals surface area contributed by atoms with Crippen LogP contribution in [0.3, 0.4) is 0 Å². The molecule has 5 nitrogen and oxygen atoms in total. The first kappa shape index (κ1) is 20.9. The molecule has 0 radical (unpaired) electrons. The number of hydrogen-bond acceptors (Lipinski definition) is 4. The minimum atomic E-state index is -0.625. The number of ether oxygens (including phenoxy) is 2. The monoisotopic (exact) mass is 446 g/mol. The highest BCUT2D eigenvalue weighted by molar-refractivity contribution is 5.80.